The average molecular weight is 207 g/mol. The van der Waals surface area contributed by atoms with Gasteiger partial charge in [0.05, 0.1) is 0 Å². The van der Waals surface area contributed by atoms with Crippen LogP contribution in [0, 0.1) is 6.92 Å². The maximum Gasteiger partial charge on any atom is 0.326 e. The van der Waals surface area contributed by atoms with Gasteiger partial charge in [0.2, 0.25) is 6.41 Å². The zero-order chi connectivity index (χ0) is 11.3. The van der Waals surface area contributed by atoms with Gasteiger partial charge in [0.25, 0.3) is 0 Å². The highest BCUT2D eigenvalue weighted by Crippen LogP contribution is 2.06. The summed E-state index contributed by atoms with van der Waals surface area (Å²) in [5.74, 6) is -1.03. The number of benzene rings is 1. The molecule has 80 valence electrons. The number of rotatable bonds is 5. The van der Waals surface area contributed by atoms with Gasteiger partial charge in [-0.15, -0.1) is 0 Å². The van der Waals surface area contributed by atoms with Crippen molar-refractivity contribution >= 4 is 12.4 Å². The van der Waals surface area contributed by atoms with Gasteiger partial charge in [-0.1, -0.05) is 29.8 Å². The summed E-state index contributed by atoms with van der Waals surface area (Å²) in [7, 11) is 0. The SMILES string of the molecule is Cc1ccc(C[C@H](NC=O)C(=O)O)cc1. The number of aryl methyl sites for hydroxylation is 1. The second kappa shape index (κ2) is 5.14. The standard InChI is InChI=1S/C11H13NO3/c1-8-2-4-9(5-3-8)6-10(11(14)15)12-7-13/h2-5,7,10H,6H2,1H3,(H,12,13)(H,14,15)/t10-/m0/s1. The van der Waals surface area contributed by atoms with E-state index in [4.69, 9.17) is 5.11 Å². The average Bonchev–Trinajstić information content (AvgIpc) is 2.20. The first-order valence-electron chi connectivity index (χ1n) is 4.61. The molecule has 0 unspecified atom stereocenters. The van der Waals surface area contributed by atoms with Gasteiger partial charge < -0.3 is 10.4 Å². The molecule has 1 aromatic carbocycles. The molecule has 0 saturated heterocycles. The molecular formula is C11H13NO3. The lowest BCUT2D eigenvalue weighted by atomic mass is 10.0. The number of carbonyl (C=O) groups is 2. The number of hydrogen-bond acceptors (Lipinski definition) is 2. The minimum Gasteiger partial charge on any atom is -0.480 e. The molecule has 0 aliphatic rings. The van der Waals surface area contributed by atoms with Crippen LogP contribution in [-0.2, 0) is 16.0 Å². The number of hydrogen-bond donors (Lipinski definition) is 2. The van der Waals surface area contributed by atoms with E-state index in [0.717, 1.165) is 11.1 Å². The van der Waals surface area contributed by atoms with Crippen molar-refractivity contribution in [1.29, 1.82) is 0 Å². The molecule has 0 radical (unpaired) electrons. The molecule has 2 N–H and O–H groups in total. The van der Waals surface area contributed by atoms with E-state index >= 15 is 0 Å². The van der Waals surface area contributed by atoms with E-state index in [1.54, 1.807) is 0 Å². The molecule has 4 nitrogen and oxygen atoms in total. The summed E-state index contributed by atoms with van der Waals surface area (Å²) in [6, 6.07) is 6.69. The van der Waals surface area contributed by atoms with E-state index in [2.05, 4.69) is 5.32 Å². The molecule has 0 fully saturated rings. The molecule has 1 rings (SSSR count). The fraction of sp³-hybridized carbons (Fsp3) is 0.273. The predicted molar refractivity (Wildman–Crippen MR) is 55.5 cm³/mol. The highest BCUT2D eigenvalue weighted by molar-refractivity contribution is 5.76. The Kier molecular flexibility index (Phi) is 3.85. The summed E-state index contributed by atoms with van der Waals surface area (Å²) in [5, 5.41) is 11.1. The van der Waals surface area contributed by atoms with E-state index in [-0.39, 0.29) is 0 Å². The fourth-order valence-corrected chi connectivity index (χ4v) is 1.26. The quantitative estimate of drug-likeness (QED) is 0.700. The minimum absolute atomic E-state index is 0.300. The first-order valence-corrected chi connectivity index (χ1v) is 4.61. The largest absolute Gasteiger partial charge is 0.480 e. The molecule has 15 heavy (non-hydrogen) atoms. The van der Waals surface area contributed by atoms with Crippen LogP contribution in [0.25, 0.3) is 0 Å². The van der Waals surface area contributed by atoms with Crippen molar-refractivity contribution in [3.63, 3.8) is 0 Å². The number of nitrogens with one attached hydrogen (secondary N) is 1. The summed E-state index contributed by atoms with van der Waals surface area (Å²) in [6.07, 6.45) is 0.710. The third-order valence-electron chi connectivity index (χ3n) is 2.13. The highest BCUT2D eigenvalue weighted by atomic mass is 16.4. The van der Waals surface area contributed by atoms with Crippen molar-refractivity contribution in [2.45, 2.75) is 19.4 Å². The zero-order valence-electron chi connectivity index (χ0n) is 8.43. The Bertz CT molecular complexity index is 345. The van der Waals surface area contributed by atoms with Gasteiger partial charge in [0.1, 0.15) is 6.04 Å². The molecule has 0 aromatic heterocycles. The second-order valence-electron chi connectivity index (χ2n) is 3.37. The molecule has 0 aliphatic heterocycles. The molecule has 0 bridgehead atoms. The van der Waals surface area contributed by atoms with Crippen molar-refractivity contribution < 1.29 is 14.7 Å². The van der Waals surface area contributed by atoms with E-state index in [9.17, 15) is 9.59 Å². The molecule has 0 heterocycles. The van der Waals surface area contributed by atoms with Crippen LogP contribution in [0.15, 0.2) is 24.3 Å². The smallest absolute Gasteiger partial charge is 0.326 e. The Morgan fingerprint density at radius 2 is 2.07 bits per heavy atom. The van der Waals surface area contributed by atoms with E-state index in [1.165, 1.54) is 0 Å². The Morgan fingerprint density at radius 3 is 2.53 bits per heavy atom. The zero-order valence-corrected chi connectivity index (χ0v) is 8.43. The van der Waals surface area contributed by atoms with Gasteiger partial charge in [0.15, 0.2) is 0 Å². The van der Waals surface area contributed by atoms with Crippen LogP contribution < -0.4 is 5.32 Å². The van der Waals surface area contributed by atoms with Crippen molar-refractivity contribution in [2.24, 2.45) is 0 Å². The van der Waals surface area contributed by atoms with E-state index in [1.807, 2.05) is 31.2 Å². The molecule has 0 spiro atoms. The van der Waals surface area contributed by atoms with Gasteiger partial charge in [-0.3, -0.25) is 4.79 Å². The maximum absolute atomic E-state index is 10.7. The van der Waals surface area contributed by atoms with Crippen LogP contribution >= 0.6 is 0 Å². The summed E-state index contributed by atoms with van der Waals surface area (Å²) in [6.45, 7) is 1.96. The Hall–Kier alpha value is -1.84. The summed E-state index contributed by atoms with van der Waals surface area (Å²) >= 11 is 0. The van der Waals surface area contributed by atoms with Crippen LogP contribution in [0.1, 0.15) is 11.1 Å². The van der Waals surface area contributed by atoms with Crippen LogP contribution in [0.2, 0.25) is 0 Å². The van der Waals surface area contributed by atoms with E-state index < -0.39 is 12.0 Å². The summed E-state index contributed by atoms with van der Waals surface area (Å²) in [5.41, 5.74) is 2.01. The van der Waals surface area contributed by atoms with Gasteiger partial charge in [0, 0.05) is 6.42 Å². The topological polar surface area (TPSA) is 66.4 Å². The lowest BCUT2D eigenvalue weighted by Crippen LogP contribution is -2.37. The van der Waals surface area contributed by atoms with Crippen molar-refractivity contribution in [3.05, 3.63) is 35.4 Å². The lowest BCUT2D eigenvalue weighted by molar-refractivity contribution is -0.140. The molecule has 1 amide bonds. The van der Waals surface area contributed by atoms with Crippen molar-refractivity contribution in [3.8, 4) is 0 Å². The van der Waals surface area contributed by atoms with Crippen LogP contribution in [0.4, 0.5) is 0 Å². The molecule has 1 atom stereocenters. The number of carbonyl (C=O) groups excluding carboxylic acids is 1. The molecule has 0 saturated carbocycles. The molecule has 4 heteroatoms. The van der Waals surface area contributed by atoms with Gasteiger partial charge in [-0.05, 0) is 12.5 Å². The molecule has 0 aliphatic carbocycles. The number of aliphatic carboxylic acids is 1. The van der Waals surface area contributed by atoms with Crippen molar-refractivity contribution in [1.82, 2.24) is 5.32 Å². The molecule has 1 aromatic rings. The summed E-state index contributed by atoms with van der Waals surface area (Å²) in [4.78, 5) is 20.9. The van der Waals surface area contributed by atoms with E-state index in [0.29, 0.717) is 12.8 Å². The third-order valence-corrected chi connectivity index (χ3v) is 2.13. The number of carboxylic acid groups (broad SMARTS) is 1. The van der Waals surface area contributed by atoms with Gasteiger partial charge in [-0.25, -0.2) is 4.79 Å². The second-order valence-corrected chi connectivity index (χ2v) is 3.37. The van der Waals surface area contributed by atoms with Crippen molar-refractivity contribution in [2.75, 3.05) is 0 Å². The summed E-state index contributed by atoms with van der Waals surface area (Å²) < 4.78 is 0. The van der Waals surface area contributed by atoms with Crippen LogP contribution in [-0.4, -0.2) is 23.5 Å². The number of amides is 1. The third kappa shape index (κ3) is 3.42. The first kappa shape index (κ1) is 11.2. The minimum atomic E-state index is -1.03. The Morgan fingerprint density at radius 1 is 1.47 bits per heavy atom. The molecular weight excluding hydrogens is 194 g/mol. The van der Waals surface area contributed by atoms with Crippen LogP contribution in [0.5, 0.6) is 0 Å². The lowest BCUT2D eigenvalue weighted by Gasteiger charge is -2.10. The number of carboxylic acids is 1. The van der Waals surface area contributed by atoms with Gasteiger partial charge >= 0.3 is 5.97 Å². The Balaban J connectivity index is 2.69. The first-order chi connectivity index (χ1) is 7.13. The predicted octanol–water partition coefficient (Wildman–Crippen LogP) is 0.737. The van der Waals surface area contributed by atoms with Gasteiger partial charge in [-0.2, -0.15) is 0 Å². The monoisotopic (exact) mass is 207 g/mol. The Labute approximate surface area is 87.9 Å². The van der Waals surface area contributed by atoms with Crippen LogP contribution in [0.3, 0.4) is 0 Å². The normalized spacial score (nSPS) is 11.8. The fourth-order valence-electron chi connectivity index (χ4n) is 1.26. The highest BCUT2D eigenvalue weighted by Gasteiger charge is 2.16. The maximum atomic E-state index is 10.7.